The van der Waals surface area contributed by atoms with Crippen molar-refractivity contribution >= 4 is 15.9 Å². The number of benzene rings is 6. The number of unbranched alkanes of at least 4 members (excludes halogenated alkanes) is 13. The van der Waals surface area contributed by atoms with Gasteiger partial charge in [0.2, 0.25) is 0 Å². The van der Waals surface area contributed by atoms with E-state index < -0.39 is 0 Å². The van der Waals surface area contributed by atoms with Gasteiger partial charge in [0.1, 0.15) is 0 Å². The zero-order chi connectivity index (χ0) is 55.5. The smallest absolute Gasteiger partial charge is 0.153 e. The third-order valence-electron chi connectivity index (χ3n) is 14.5. The molecule has 0 saturated heterocycles. The lowest BCUT2D eigenvalue weighted by Gasteiger charge is -2.17. The maximum Gasteiger partial charge on any atom is 0.153 e. The SMILES string of the molecule is CCCCCc1ccc(C#Cc2c(C#Cc3ccc(CCCCC)cc3)c(C#Cc3ccc(CCCCC)cc3)c(OCCCCCCBr)c(C#Cc3ccc(CCCCC)cc3)c2C#Cc2ccc(CCCCC)cc2)cc1. The van der Waals surface area contributed by atoms with E-state index in [1.54, 1.807) is 0 Å². The Balaban J connectivity index is 1.67. The van der Waals surface area contributed by atoms with Gasteiger partial charge in [-0.25, -0.2) is 0 Å². The number of halogens is 1. The van der Waals surface area contributed by atoms with Crippen LogP contribution in [-0.2, 0) is 32.1 Å². The van der Waals surface area contributed by atoms with Crippen molar-refractivity contribution in [2.24, 2.45) is 0 Å². The molecule has 0 radical (unpaired) electrons. The van der Waals surface area contributed by atoms with Crippen molar-refractivity contribution in [2.45, 2.75) is 189 Å². The molecule has 408 valence electrons. The van der Waals surface area contributed by atoms with Gasteiger partial charge in [0.15, 0.2) is 5.75 Å². The summed E-state index contributed by atoms with van der Waals surface area (Å²) >= 11 is 3.64. The second-order valence-corrected chi connectivity index (χ2v) is 22.0. The highest BCUT2D eigenvalue weighted by molar-refractivity contribution is 9.09. The largest absolute Gasteiger partial charge is 0.491 e. The van der Waals surface area contributed by atoms with E-state index in [1.807, 2.05) is 0 Å². The molecule has 6 rings (SSSR count). The minimum Gasteiger partial charge on any atom is -0.491 e. The highest BCUT2D eigenvalue weighted by Crippen LogP contribution is 2.34. The topological polar surface area (TPSA) is 9.23 Å². The van der Waals surface area contributed by atoms with Gasteiger partial charge in [0, 0.05) is 33.1 Å². The second kappa shape index (κ2) is 36.5. The Kier molecular flexibility index (Phi) is 28.5. The predicted octanol–water partition coefficient (Wildman–Crippen LogP) is 19.7. The number of ether oxygens (including phenoxy) is 1. The van der Waals surface area contributed by atoms with Crippen molar-refractivity contribution in [3.63, 3.8) is 0 Å². The molecule has 0 amide bonds. The quantitative estimate of drug-likeness (QED) is 0.0284. The molecule has 0 aliphatic heterocycles. The van der Waals surface area contributed by atoms with Gasteiger partial charge in [-0.15, -0.1) is 0 Å². The average molecular weight is 1110 g/mol. The summed E-state index contributed by atoms with van der Waals surface area (Å²) in [4.78, 5) is 0. The number of hydrogen-bond donors (Lipinski definition) is 0. The molecule has 0 N–H and O–H groups in total. The first-order valence-corrected chi connectivity index (χ1v) is 31.5. The van der Waals surface area contributed by atoms with Crippen LogP contribution in [0.25, 0.3) is 0 Å². The van der Waals surface area contributed by atoms with Crippen LogP contribution >= 0.6 is 15.9 Å². The first kappa shape index (κ1) is 61.6. The lowest BCUT2D eigenvalue weighted by Crippen LogP contribution is -2.08. The molecule has 0 fully saturated rings. The lowest BCUT2D eigenvalue weighted by molar-refractivity contribution is 0.303. The Bertz CT molecular complexity index is 2910. The minimum absolute atomic E-state index is 0.499. The van der Waals surface area contributed by atoms with Gasteiger partial charge in [-0.05, 0) is 166 Å². The highest BCUT2D eigenvalue weighted by atomic mass is 79.9. The van der Waals surface area contributed by atoms with Crippen LogP contribution in [0.4, 0.5) is 0 Å². The first-order valence-electron chi connectivity index (χ1n) is 30.4. The maximum absolute atomic E-state index is 7.15. The van der Waals surface area contributed by atoms with Crippen LogP contribution in [0.15, 0.2) is 121 Å². The van der Waals surface area contributed by atoms with Gasteiger partial charge in [-0.2, -0.15) is 0 Å². The summed E-state index contributed by atoms with van der Waals surface area (Å²) in [5.41, 5.74) is 14.8. The Morgan fingerprint density at radius 2 is 0.506 bits per heavy atom. The number of rotatable bonds is 27. The summed E-state index contributed by atoms with van der Waals surface area (Å²) < 4.78 is 7.15. The van der Waals surface area contributed by atoms with Gasteiger partial charge in [0.05, 0.1) is 34.4 Å². The maximum atomic E-state index is 7.15. The first-order chi connectivity index (χ1) is 38.9. The predicted molar refractivity (Wildman–Crippen MR) is 342 cm³/mol. The van der Waals surface area contributed by atoms with Gasteiger partial charge >= 0.3 is 0 Å². The molecule has 0 aliphatic carbocycles. The summed E-state index contributed by atoms with van der Waals surface area (Å²) in [6, 6.07) is 43.8. The van der Waals surface area contributed by atoms with Crippen molar-refractivity contribution < 1.29 is 4.74 Å². The van der Waals surface area contributed by atoms with Crippen LogP contribution in [0.1, 0.15) is 240 Å². The lowest BCUT2D eigenvalue weighted by atomic mass is 9.89. The van der Waals surface area contributed by atoms with E-state index in [0.717, 1.165) is 90.9 Å². The Morgan fingerprint density at radius 3 is 0.759 bits per heavy atom. The highest BCUT2D eigenvalue weighted by Gasteiger charge is 2.23. The van der Waals surface area contributed by atoms with Crippen molar-refractivity contribution in [1.82, 2.24) is 0 Å². The molecule has 6 aromatic rings. The fraction of sp³-hybridized carbons (Fsp3) is 0.403. The number of hydrogen-bond acceptors (Lipinski definition) is 1. The van der Waals surface area contributed by atoms with Crippen LogP contribution in [0.3, 0.4) is 0 Å². The minimum atomic E-state index is 0.499. The molecule has 79 heavy (non-hydrogen) atoms. The van der Waals surface area contributed by atoms with E-state index in [9.17, 15) is 0 Å². The van der Waals surface area contributed by atoms with Crippen LogP contribution in [-0.4, -0.2) is 11.9 Å². The van der Waals surface area contributed by atoms with Gasteiger partial charge in [-0.1, -0.05) is 247 Å². The van der Waals surface area contributed by atoms with E-state index in [-0.39, 0.29) is 0 Å². The third-order valence-corrected chi connectivity index (χ3v) is 15.1. The summed E-state index contributed by atoms with van der Waals surface area (Å²) in [7, 11) is 0. The summed E-state index contributed by atoms with van der Waals surface area (Å²) in [5, 5.41) is 0.992. The van der Waals surface area contributed by atoms with Crippen LogP contribution in [0.5, 0.6) is 5.75 Å². The molecule has 2 heteroatoms. The molecule has 0 bridgehead atoms. The molecule has 0 unspecified atom stereocenters. The molecule has 0 saturated carbocycles. The van der Waals surface area contributed by atoms with Gasteiger partial charge < -0.3 is 4.74 Å². The number of alkyl halides is 1. The molecule has 0 spiro atoms. The van der Waals surface area contributed by atoms with E-state index in [1.165, 1.54) is 124 Å². The molecule has 6 aromatic carbocycles. The molecule has 0 aliphatic rings. The fourth-order valence-corrected chi connectivity index (χ4v) is 9.95. The Labute approximate surface area is 488 Å². The van der Waals surface area contributed by atoms with Crippen molar-refractivity contribution in [3.8, 4) is 65.0 Å². The normalized spacial score (nSPS) is 10.5. The summed E-state index contributed by atoms with van der Waals surface area (Å²) in [5.74, 6) is 37.2. The van der Waals surface area contributed by atoms with E-state index in [0.29, 0.717) is 40.2 Å². The second-order valence-electron chi connectivity index (χ2n) is 21.2. The summed E-state index contributed by atoms with van der Waals surface area (Å²) in [6.07, 6.45) is 27.5. The van der Waals surface area contributed by atoms with E-state index >= 15 is 0 Å². The van der Waals surface area contributed by atoms with E-state index in [2.05, 4.69) is 231 Å². The van der Waals surface area contributed by atoms with E-state index in [4.69, 9.17) is 4.74 Å². The molecule has 0 atom stereocenters. The third kappa shape index (κ3) is 21.9. The molecule has 0 aromatic heterocycles. The van der Waals surface area contributed by atoms with Crippen molar-refractivity contribution in [1.29, 1.82) is 0 Å². The average Bonchev–Trinajstić information content (AvgIpc) is 3.61. The fourth-order valence-electron chi connectivity index (χ4n) is 9.55. The van der Waals surface area contributed by atoms with Gasteiger partial charge in [-0.3, -0.25) is 0 Å². The monoisotopic (exact) mass is 1110 g/mol. The van der Waals surface area contributed by atoms with Crippen molar-refractivity contribution in [3.05, 3.63) is 205 Å². The van der Waals surface area contributed by atoms with Crippen molar-refractivity contribution in [2.75, 3.05) is 11.9 Å². The Hall–Kier alpha value is -6.60. The van der Waals surface area contributed by atoms with Crippen LogP contribution in [0.2, 0.25) is 0 Å². The zero-order valence-corrected chi connectivity index (χ0v) is 50.3. The van der Waals surface area contributed by atoms with Crippen LogP contribution in [0, 0.1) is 59.2 Å². The Morgan fingerprint density at radius 1 is 0.266 bits per heavy atom. The van der Waals surface area contributed by atoms with Gasteiger partial charge in [0.25, 0.3) is 0 Å². The standard InChI is InChI=1S/C77H87BrO/c1-6-11-18-25-62-30-40-67(41-31-62)50-55-72-73(56-51-68-42-32-63(33-43-68)26-19-12-7-2)75(58-53-70-46-36-65(37-47-70)28-21-14-9-4)77(79-61-24-17-16-23-60-78)76(59-54-71-48-38-66(39-49-71)29-22-15-10-5)74(72)57-52-69-44-34-64(35-45-69)27-20-13-8-3/h30-49H,6-29,60-61H2,1-5H3. The molecule has 0 heterocycles. The zero-order valence-electron chi connectivity index (χ0n) is 48.7. The molecule has 1 nitrogen and oxygen atoms in total. The molecular weight excluding hydrogens is 1020 g/mol. The summed E-state index contributed by atoms with van der Waals surface area (Å²) in [6.45, 7) is 11.8. The van der Waals surface area contributed by atoms with Crippen LogP contribution < -0.4 is 4.74 Å². The molecular formula is C77H87BrO. The number of aryl methyl sites for hydroxylation is 5.